The van der Waals surface area contributed by atoms with E-state index < -0.39 is 0 Å². The van der Waals surface area contributed by atoms with Gasteiger partial charge in [0.05, 0.1) is 13.3 Å². The number of aromatic nitrogens is 1. The lowest BCUT2D eigenvalue weighted by Crippen LogP contribution is -2.03. The summed E-state index contributed by atoms with van der Waals surface area (Å²) < 4.78 is 5.11. The first kappa shape index (κ1) is 12.4. The van der Waals surface area contributed by atoms with Gasteiger partial charge in [-0.1, -0.05) is 42.5 Å². The van der Waals surface area contributed by atoms with Gasteiger partial charge >= 0.3 is 0 Å². The molecule has 0 saturated carbocycles. The van der Waals surface area contributed by atoms with Gasteiger partial charge in [0.2, 0.25) is 0 Å². The molecule has 3 heteroatoms. The van der Waals surface area contributed by atoms with Gasteiger partial charge in [-0.2, -0.15) is 0 Å². The van der Waals surface area contributed by atoms with Crippen LogP contribution in [0.4, 0.5) is 0 Å². The Bertz CT molecular complexity index is 775. The smallest absolute Gasteiger partial charge is 0.195 e. The minimum atomic E-state index is -0.0480. The number of carbonyl (C=O) groups is 1. The Morgan fingerprint density at radius 1 is 1.05 bits per heavy atom. The van der Waals surface area contributed by atoms with Crippen molar-refractivity contribution in [1.29, 1.82) is 0 Å². The maximum Gasteiger partial charge on any atom is 0.195 e. The van der Waals surface area contributed by atoms with E-state index in [4.69, 9.17) is 4.74 Å². The Kier molecular flexibility index (Phi) is 3.17. The number of carbonyl (C=O) groups excluding carboxylic acids is 1. The second-order valence-corrected chi connectivity index (χ2v) is 4.47. The molecule has 98 valence electrons. The lowest BCUT2D eigenvalue weighted by Gasteiger charge is -2.06. The van der Waals surface area contributed by atoms with Gasteiger partial charge in [0.25, 0.3) is 0 Å². The van der Waals surface area contributed by atoms with E-state index in [2.05, 4.69) is 4.98 Å². The summed E-state index contributed by atoms with van der Waals surface area (Å²) >= 11 is 0. The number of ketones is 1. The van der Waals surface area contributed by atoms with Crippen LogP contribution >= 0.6 is 0 Å². The van der Waals surface area contributed by atoms with Gasteiger partial charge in [0, 0.05) is 17.3 Å². The molecule has 0 spiro atoms. The molecule has 20 heavy (non-hydrogen) atoms. The molecule has 0 amide bonds. The SMILES string of the molecule is COc1cncc(C(=O)c2cccc3ccccc23)c1. The summed E-state index contributed by atoms with van der Waals surface area (Å²) in [7, 11) is 1.56. The number of fused-ring (bicyclic) bond motifs is 1. The number of hydrogen-bond acceptors (Lipinski definition) is 3. The van der Waals surface area contributed by atoms with Crippen molar-refractivity contribution in [1.82, 2.24) is 4.98 Å². The Hall–Kier alpha value is -2.68. The number of rotatable bonds is 3. The third-order valence-electron chi connectivity index (χ3n) is 3.25. The largest absolute Gasteiger partial charge is 0.495 e. The van der Waals surface area contributed by atoms with Crippen LogP contribution in [-0.2, 0) is 0 Å². The molecule has 0 atom stereocenters. The van der Waals surface area contributed by atoms with E-state index in [-0.39, 0.29) is 5.78 Å². The summed E-state index contributed by atoms with van der Waals surface area (Å²) in [6.45, 7) is 0. The van der Waals surface area contributed by atoms with Gasteiger partial charge in [-0.15, -0.1) is 0 Å². The molecule has 0 unspecified atom stereocenters. The molecule has 1 aromatic heterocycles. The minimum Gasteiger partial charge on any atom is -0.495 e. The number of pyridine rings is 1. The fourth-order valence-corrected chi connectivity index (χ4v) is 2.23. The third-order valence-corrected chi connectivity index (χ3v) is 3.25. The predicted octanol–water partition coefficient (Wildman–Crippen LogP) is 3.47. The molecule has 0 N–H and O–H groups in total. The summed E-state index contributed by atoms with van der Waals surface area (Å²) in [5.41, 5.74) is 1.21. The molecular formula is C17H13NO2. The van der Waals surface area contributed by atoms with Gasteiger partial charge < -0.3 is 4.74 Å². The topological polar surface area (TPSA) is 39.2 Å². The van der Waals surface area contributed by atoms with E-state index in [0.29, 0.717) is 16.9 Å². The first-order chi connectivity index (χ1) is 9.79. The zero-order chi connectivity index (χ0) is 13.9. The predicted molar refractivity (Wildman–Crippen MR) is 78.2 cm³/mol. The Morgan fingerprint density at radius 3 is 2.70 bits per heavy atom. The summed E-state index contributed by atoms with van der Waals surface area (Å²) in [6.07, 6.45) is 3.15. The van der Waals surface area contributed by atoms with Crippen molar-refractivity contribution in [2.24, 2.45) is 0 Å². The summed E-state index contributed by atoms with van der Waals surface area (Å²) in [5.74, 6) is 0.532. The number of ether oxygens (including phenoxy) is 1. The lowest BCUT2D eigenvalue weighted by atomic mass is 9.98. The number of methoxy groups -OCH3 is 1. The van der Waals surface area contributed by atoms with Crippen LogP contribution in [0.5, 0.6) is 5.75 Å². The van der Waals surface area contributed by atoms with Crippen LogP contribution < -0.4 is 4.74 Å². The number of hydrogen-bond donors (Lipinski definition) is 0. The molecule has 0 aliphatic carbocycles. The summed E-state index contributed by atoms with van der Waals surface area (Å²) in [6, 6.07) is 15.3. The van der Waals surface area contributed by atoms with E-state index in [9.17, 15) is 4.79 Å². The highest BCUT2D eigenvalue weighted by atomic mass is 16.5. The average Bonchev–Trinajstić information content (AvgIpc) is 2.53. The van der Waals surface area contributed by atoms with Crippen molar-refractivity contribution in [3.05, 3.63) is 72.1 Å². The second kappa shape index (κ2) is 5.13. The standard InChI is InChI=1S/C17H13NO2/c1-20-14-9-13(10-18-11-14)17(19)16-8-4-6-12-5-2-3-7-15(12)16/h2-11H,1H3. The molecular weight excluding hydrogens is 250 g/mol. The van der Waals surface area contributed by atoms with E-state index >= 15 is 0 Å². The van der Waals surface area contributed by atoms with Crippen LogP contribution in [0, 0.1) is 0 Å². The van der Waals surface area contributed by atoms with Gasteiger partial charge in [0.1, 0.15) is 5.75 Å². The molecule has 0 radical (unpaired) electrons. The van der Waals surface area contributed by atoms with E-state index in [1.807, 2.05) is 42.5 Å². The fourth-order valence-electron chi connectivity index (χ4n) is 2.23. The van der Waals surface area contributed by atoms with Crippen LogP contribution in [0.1, 0.15) is 15.9 Å². The quantitative estimate of drug-likeness (QED) is 0.679. The van der Waals surface area contributed by atoms with Crippen molar-refractivity contribution >= 4 is 16.6 Å². The second-order valence-electron chi connectivity index (χ2n) is 4.47. The zero-order valence-electron chi connectivity index (χ0n) is 11.0. The van der Waals surface area contributed by atoms with E-state index in [1.165, 1.54) is 0 Å². The molecule has 3 nitrogen and oxygen atoms in total. The van der Waals surface area contributed by atoms with Crippen molar-refractivity contribution < 1.29 is 9.53 Å². The molecule has 0 saturated heterocycles. The molecule has 3 rings (SSSR count). The summed E-state index contributed by atoms with van der Waals surface area (Å²) in [5, 5.41) is 2.00. The van der Waals surface area contributed by atoms with Crippen molar-refractivity contribution in [3.8, 4) is 5.75 Å². The van der Waals surface area contributed by atoms with Gasteiger partial charge in [0.15, 0.2) is 5.78 Å². The van der Waals surface area contributed by atoms with Crippen LogP contribution in [-0.4, -0.2) is 17.9 Å². The van der Waals surface area contributed by atoms with Crippen LogP contribution in [0.3, 0.4) is 0 Å². The molecule has 3 aromatic rings. The number of nitrogens with zero attached hydrogens (tertiary/aromatic N) is 1. The third kappa shape index (κ3) is 2.14. The fraction of sp³-hybridized carbons (Fsp3) is 0.0588. The van der Waals surface area contributed by atoms with Gasteiger partial charge in [-0.05, 0) is 16.8 Å². The molecule has 0 bridgehead atoms. The molecule has 0 fully saturated rings. The Balaban J connectivity index is 2.12. The van der Waals surface area contributed by atoms with E-state index in [1.54, 1.807) is 25.6 Å². The molecule has 0 aliphatic heterocycles. The lowest BCUT2D eigenvalue weighted by molar-refractivity contribution is 0.103. The molecule has 2 aromatic carbocycles. The first-order valence-electron chi connectivity index (χ1n) is 6.31. The highest BCUT2D eigenvalue weighted by molar-refractivity contribution is 6.16. The van der Waals surface area contributed by atoms with Crippen molar-refractivity contribution in [3.63, 3.8) is 0 Å². The maximum atomic E-state index is 12.6. The maximum absolute atomic E-state index is 12.6. The summed E-state index contributed by atoms with van der Waals surface area (Å²) in [4.78, 5) is 16.7. The average molecular weight is 263 g/mol. The van der Waals surface area contributed by atoms with Crippen LogP contribution in [0.2, 0.25) is 0 Å². The minimum absolute atomic E-state index is 0.0480. The normalized spacial score (nSPS) is 10.4. The van der Waals surface area contributed by atoms with Crippen LogP contribution in [0.25, 0.3) is 10.8 Å². The molecule has 1 heterocycles. The number of benzene rings is 2. The highest BCUT2D eigenvalue weighted by Crippen LogP contribution is 2.22. The Morgan fingerprint density at radius 2 is 1.85 bits per heavy atom. The van der Waals surface area contributed by atoms with Gasteiger partial charge in [-0.3, -0.25) is 9.78 Å². The van der Waals surface area contributed by atoms with Crippen LogP contribution in [0.15, 0.2) is 60.9 Å². The molecule has 0 aliphatic rings. The Labute approximate surface area is 116 Å². The monoisotopic (exact) mass is 263 g/mol. The van der Waals surface area contributed by atoms with Crippen molar-refractivity contribution in [2.45, 2.75) is 0 Å². The zero-order valence-corrected chi connectivity index (χ0v) is 11.0. The van der Waals surface area contributed by atoms with E-state index in [0.717, 1.165) is 10.8 Å². The van der Waals surface area contributed by atoms with Gasteiger partial charge in [-0.25, -0.2) is 0 Å². The van der Waals surface area contributed by atoms with Crippen molar-refractivity contribution in [2.75, 3.05) is 7.11 Å². The first-order valence-corrected chi connectivity index (χ1v) is 6.31. The highest BCUT2D eigenvalue weighted by Gasteiger charge is 2.13.